The van der Waals surface area contributed by atoms with Crippen molar-refractivity contribution in [1.29, 1.82) is 0 Å². The molecule has 1 N–H and O–H groups in total. The summed E-state index contributed by atoms with van der Waals surface area (Å²) in [5, 5.41) is 4.26. The Morgan fingerprint density at radius 3 is 2.50 bits per heavy atom. The molecule has 0 unspecified atom stereocenters. The average molecular weight is 455 g/mol. The van der Waals surface area contributed by atoms with E-state index < -0.39 is 0 Å². The monoisotopic (exact) mass is 454 g/mol. The number of thiocarbonyl (C=S) groups is 1. The number of hydrogen-bond donors (Lipinski definition) is 1. The van der Waals surface area contributed by atoms with Gasteiger partial charge in [-0.15, -0.1) is 0 Å². The Hall–Kier alpha value is -2.18. The molecule has 2 aromatic heterocycles. The van der Waals surface area contributed by atoms with Crippen molar-refractivity contribution in [1.82, 2.24) is 14.9 Å². The number of hydrogen-bond acceptors (Lipinski definition) is 2. The summed E-state index contributed by atoms with van der Waals surface area (Å²) in [5.74, 6) is 0. The zero-order chi connectivity index (χ0) is 19.8. The minimum Gasteiger partial charge on any atom is -0.351 e. The zero-order valence-electron chi connectivity index (χ0n) is 16.2. The predicted octanol–water partition coefficient (Wildman–Crippen LogP) is 5.46. The van der Waals surface area contributed by atoms with E-state index in [-0.39, 0.29) is 12.1 Å². The Labute approximate surface area is 179 Å². The van der Waals surface area contributed by atoms with Crippen LogP contribution in [-0.2, 0) is 6.54 Å². The van der Waals surface area contributed by atoms with Crippen molar-refractivity contribution in [2.24, 2.45) is 0 Å². The molecule has 1 aliphatic heterocycles. The highest BCUT2D eigenvalue weighted by molar-refractivity contribution is 9.10. The first-order valence-electron chi connectivity index (χ1n) is 9.44. The molecule has 1 fully saturated rings. The quantitative estimate of drug-likeness (QED) is 0.530. The van der Waals surface area contributed by atoms with E-state index in [0.29, 0.717) is 0 Å². The molecule has 0 bridgehead atoms. The van der Waals surface area contributed by atoms with Crippen LogP contribution in [0.25, 0.3) is 0 Å². The highest BCUT2D eigenvalue weighted by atomic mass is 79.9. The van der Waals surface area contributed by atoms with Crippen LogP contribution >= 0.6 is 28.1 Å². The predicted molar refractivity (Wildman–Crippen MR) is 122 cm³/mol. The van der Waals surface area contributed by atoms with E-state index in [4.69, 9.17) is 12.2 Å². The summed E-state index contributed by atoms with van der Waals surface area (Å²) in [5.41, 5.74) is 5.90. The van der Waals surface area contributed by atoms with Crippen molar-refractivity contribution in [3.05, 3.63) is 81.8 Å². The lowest BCUT2D eigenvalue weighted by atomic mass is 9.96. The van der Waals surface area contributed by atoms with Crippen molar-refractivity contribution in [3.63, 3.8) is 0 Å². The number of benzene rings is 1. The van der Waals surface area contributed by atoms with Crippen LogP contribution in [0.3, 0.4) is 0 Å². The van der Waals surface area contributed by atoms with E-state index in [0.717, 1.165) is 27.5 Å². The highest BCUT2D eigenvalue weighted by Crippen LogP contribution is 2.43. The maximum atomic E-state index is 5.79. The first-order chi connectivity index (χ1) is 13.5. The standard InChI is InChI=1S/C22H23BrN4S/c1-4-26-14(2)13-18(15(26)3)21-20(19-7-5-6-12-24-19)25-22(28)27(21)17-10-8-16(23)9-11-17/h5-13,20-21H,4H2,1-3H3,(H,25,28)/t20-,21+/m1/s1. The third kappa shape index (κ3) is 3.25. The summed E-state index contributed by atoms with van der Waals surface area (Å²) in [7, 11) is 0. The molecule has 1 aliphatic rings. The number of nitrogens with one attached hydrogen (secondary N) is 1. The van der Waals surface area contributed by atoms with Gasteiger partial charge >= 0.3 is 0 Å². The Kier molecular flexibility index (Phi) is 5.25. The van der Waals surface area contributed by atoms with Gasteiger partial charge in [-0.05, 0) is 81.0 Å². The second-order valence-electron chi connectivity index (χ2n) is 7.04. The number of nitrogens with zero attached hydrogens (tertiary/aromatic N) is 3. The molecule has 0 radical (unpaired) electrons. The molecule has 1 saturated heterocycles. The molecule has 6 heteroatoms. The van der Waals surface area contributed by atoms with Gasteiger partial charge < -0.3 is 14.8 Å². The third-order valence-electron chi connectivity index (χ3n) is 5.45. The molecule has 1 aromatic carbocycles. The molecule has 4 nitrogen and oxygen atoms in total. The van der Waals surface area contributed by atoms with Crippen molar-refractivity contribution >= 4 is 38.9 Å². The number of rotatable bonds is 4. The molecular formula is C22H23BrN4S. The molecule has 0 amide bonds. The smallest absolute Gasteiger partial charge is 0.174 e. The van der Waals surface area contributed by atoms with Crippen molar-refractivity contribution in [3.8, 4) is 0 Å². The highest BCUT2D eigenvalue weighted by Gasteiger charge is 2.42. The first-order valence-corrected chi connectivity index (χ1v) is 10.6. The van der Waals surface area contributed by atoms with Gasteiger partial charge in [0.25, 0.3) is 0 Å². The lowest BCUT2D eigenvalue weighted by Crippen LogP contribution is -2.29. The molecule has 0 spiro atoms. The fraction of sp³-hybridized carbons (Fsp3) is 0.273. The molecular weight excluding hydrogens is 432 g/mol. The molecule has 3 heterocycles. The van der Waals surface area contributed by atoms with E-state index >= 15 is 0 Å². The van der Waals surface area contributed by atoms with Gasteiger partial charge in [0, 0.05) is 34.3 Å². The van der Waals surface area contributed by atoms with Crippen LogP contribution in [0.4, 0.5) is 5.69 Å². The Balaban J connectivity index is 1.88. The SMILES string of the molecule is CCn1c(C)cc([C@H]2[C@@H](c3ccccn3)NC(=S)N2c2ccc(Br)cc2)c1C. The normalized spacial score (nSPS) is 19.1. The van der Waals surface area contributed by atoms with Crippen LogP contribution in [0, 0.1) is 13.8 Å². The molecule has 2 atom stereocenters. The summed E-state index contributed by atoms with van der Waals surface area (Å²) in [6.45, 7) is 7.50. The second kappa shape index (κ2) is 7.68. The number of aromatic nitrogens is 2. The van der Waals surface area contributed by atoms with E-state index in [1.165, 1.54) is 17.0 Å². The molecule has 0 saturated carbocycles. The summed E-state index contributed by atoms with van der Waals surface area (Å²) < 4.78 is 3.41. The van der Waals surface area contributed by atoms with Crippen molar-refractivity contribution in [2.75, 3.05) is 4.90 Å². The maximum Gasteiger partial charge on any atom is 0.174 e. The van der Waals surface area contributed by atoms with Gasteiger partial charge in [-0.2, -0.15) is 0 Å². The van der Waals surface area contributed by atoms with Crippen molar-refractivity contribution < 1.29 is 0 Å². The average Bonchev–Trinajstić information content (AvgIpc) is 3.18. The molecule has 0 aliphatic carbocycles. The van der Waals surface area contributed by atoms with E-state index in [1.54, 1.807) is 0 Å². The molecule has 144 valence electrons. The minimum atomic E-state index is -0.0110. The number of anilines is 1. The van der Waals surface area contributed by atoms with E-state index in [9.17, 15) is 0 Å². The van der Waals surface area contributed by atoms with Gasteiger partial charge in [0.2, 0.25) is 0 Å². The number of aryl methyl sites for hydroxylation is 1. The topological polar surface area (TPSA) is 33.1 Å². The summed E-state index contributed by atoms with van der Waals surface area (Å²) >= 11 is 9.32. The van der Waals surface area contributed by atoms with Crippen LogP contribution in [-0.4, -0.2) is 14.7 Å². The summed E-state index contributed by atoms with van der Waals surface area (Å²) in [6.07, 6.45) is 1.84. The van der Waals surface area contributed by atoms with Gasteiger partial charge in [0.15, 0.2) is 5.11 Å². The third-order valence-corrected chi connectivity index (χ3v) is 6.29. The van der Waals surface area contributed by atoms with Gasteiger partial charge in [-0.25, -0.2) is 0 Å². The lowest BCUT2D eigenvalue weighted by molar-refractivity contribution is 0.563. The van der Waals surface area contributed by atoms with Gasteiger partial charge in [-0.1, -0.05) is 22.0 Å². The molecule has 4 rings (SSSR count). The Morgan fingerprint density at radius 1 is 1.14 bits per heavy atom. The van der Waals surface area contributed by atoms with Gasteiger partial charge in [-0.3, -0.25) is 4.98 Å². The van der Waals surface area contributed by atoms with Crippen LogP contribution in [0.5, 0.6) is 0 Å². The van der Waals surface area contributed by atoms with Crippen molar-refractivity contribution in [2.45, 2.75) is 39.4 Å². The van der Waals surface area contributed by atoms with Crippen LogP contribution < -0.4 is 10.2 Å². The Bertz CT molecular complexity index is 997. The number of pyridine rings is 1. The van der Waals surface area contributed by atoms with E-state index in [2.05, 4.69) is 92.9 Å². The van der Waals surface area contributed by atoms with Crippen LogP contribution in [0.2, 0.25) is 0 Å². The van der Waals surface area contributed by atoms with E-state index in [1.807, 2.05) is 18.3 Å². The molecule has 3 aromatic rings. The molecule has 28 heavy (non-hydrogen) atoms. The maximum absolute atomic E-state index is 5.79. The largest absolute Gasteiger partial charge is 0.351 e. The van der Waals surface area contributed by atoms with Gasteiger partial charge in [0.05, 0.1) is 17.8 Å². The second-order valence-corrected chi connectivity index (χ2v) is 8.35. The van der Waals surface area contributed by atoms with Crippen LogP contribution in [0.15, 0.2) is 59.2 Å². The lowest BCUT2D eigenvalue weighted by Gasteiger charge is -2.28. The zero-order valence-corrected chi connectivity index (χ0v) is 18.6. The minimum absolute atomic E-state index is 0.0110. The first kappa shape index (κ1) is 19.2. The van der Waals surface area contributed by atoms with Gasteiger partial charge in [0.1, 0.15) is 0 Å². The van der Waals surface area contributed by atoms with Crippen LogP contribution in [0.1, 0.15) is 41.7 Å². The summed E-state index contributed by atoms with van der Waals surface area (Å²) in [6, 6.07) is 16.7. The number of halogens is 1. The Morgan fingerprint density at radius 2 is 1.89 bits per heavy atom. The summed E-state index contributed by atoms with van der Waals surface area (Å²) in [4.78, 5) is 6.85. The fourth-order valence-corrected chi connectivity index (χ4v) is 4.77. The fourth-order valence-electron chi connectivity index (χ4n) is 4.16.